The third kappa shape index (κ3) is 1.17. The average molecular weight is 195 g/mol. The van der Waals surface area contributed by atoms with Crippen LogP contribution in [0.15, 0.2) is 27.5 Å². The lowest BCUT2D eigenvalue weighted by Crippen LogP contribution is -2.50. The Labute approximate surface area is 78.7 Å². The lowest BCUT2D eigenvalue weighted by Gasteiger charge is -2.03. The van der Waals surface area contributed by atoms with Gasteiger partial charge in [-0.1, -0.05) is 13.2 Å². The lowest BCUT2D eigenvalue weighted by molar-refractivity contribution is 0.641. The van der Waals surface area contributed by atoms with Gasteiger partial charge in [0, 0.05) is 19.4 Å². The molecular weight excluding hydrogens is 186 g/mol. The van der Waals surface area contributed by atoms with Crippen LogP contribution in [0.25, 0.3) is 12.4 Å². The molecule has 0 bridgehead atoms. The van der Waals surface area contributed by atoms with Gasteiger partial charge < -0.3 is 0 Å². The van der Waals surface area contributed by atoms with Crippen molar-refractivity contribution < 1.29 is 0 Å². The first kappa shape index (κ1) is 9.97. The molecule has 0 radical (unpaired) electrons. The second-order valence-corrected chi connectivity index (χ2v) is 2.51. The summed E-state index contributed by atoms with van der Waals surface area (Å²) < 4.78 is 2.25. The summed E-state index contributed by atoms with van der Waals surface area (Å²) >= 11 is 0. The van der Waals surface area contributed by atoms with Crippen molar-refractivity contribution in [1.82, 2.24) is 13.7 Å². The third-order valence-electron chi connectivity index (χ3n) is 1.76. The predicted molar refractivity (Wildman–Crippen MR) is 53.0 cm³/mol. The van der Waals surface area contributed by atoms with Gasteiger partial charge in [-0.25, -0.2) is 28.1 Å². The molecule has 0 aliphatic rings. The third-order valence-corrected chi connectivity index (χ3v) is 1.76. The minimum atomic E-state index is -0.775. The van der Waals surface area contributed by atoms with E-state index in [4.69, 9.17) is 0 Å². The Morgan fingerprint density at radius 1 is 0.929 bits per heavy atom. The van der Waals surface area contributed by atoms with Crippen molar-refractivity contribution in [3.63, 3.8) is 0 Å². The average Bonchev–Trinajstić information content (AvgIpc) is 2.16. The Bertz CT molecular complexity index is 512. The molecule has 0 amide bonds. The summed E-state index contributed by atoms with van der Waals surface area (Å²) in [5.41, 5.74) is -2.23. The highest BCUT2D eigenvalue weighted by atomic mass is 16.2. The molecule has 1 rings (SSSR count). The Morgan fingerprint density at radius 3 is 1.57 bits per heavy atom. The number of hydrogen-bond acceptors (Lipinski definition) is 3. The zero-order valence-electron chi connectivity index (χ0n) is 7.64. The van der Waals surface area contributed by atoms with Gasteiger partial charge >= 0.3 is 17.1 Å². The number of nitrogens with zero attached hydrogens (tertiary/aromatic N) is 3. The fourth-order valence-corrected chi connectivity index (χ4v) is 0.997. The number of aromatic nitrogens is 3. The Balaban J connectivity index is 4.03. The van der Waals surface area contributed by atoms with Crippen LogP contribution in [-0.4, -0.2) is 13.7 Å². The number of rotatable bonds is 2. The highest BCUT2D eigenvalue weighted by Crippen LogP contribution is 1.71. The molecule has 0 aliphatic heterocycles. The van der Waals surface area contributed by atoms with Crippen LogP contribution >= 0.6 is 0 Å². The summed E-state index contributed by atoms with van der Waals surface area (Å²) in [5.74, 6) is 0. The maximum atomic E-state index is 11.4. The zero-order chi connectivity index (χ0) is 10.9. The van der Waals surface area contributed by atoms with E-state index in [0.29, 0.717) is 0 Å². The standard InChI is InChI=1S/C8H9N3O3/c1-4-10-6(12)9(3)7(13)11(5-2)8(10)14/h4-5H,1-2H2,3H3. The van der Waals surface area contributed by atoms with Crippen molar-refractivity contribution in [1.29, 1.82) is 0 Å². The van der Waals surface area contributed by atoms with E-state index in [1.165, 1.54) is 7.05 Å². The molecule has 1 aromatic heterocycles. The molecule has 0 fully saturated rings. The predicted octanol–water partition coefficient (Wildman–Crippen LogP) is -1.09. The maximum Gasteiger partial charge on any atom is 0.344 e. The van der Waals surface area contributed by atoms with Crippen molar-refractivity contribution in [2.75, 3.05) is 0 Å². The van der Waals surface area contributed by atoms with Gasteiger partial charge in [-0.2, -0.15) is 0 Å². The molecule has 0 saturated heterocycles. The summed E-state index contributed by atoms with van der Waals surface area (Å²) in [5, 5.41) is 0. The minimum absolute atomic E-state index is 0.725. The van der Waals surface area contributed by atoms with Crippen LogP contribution in [0.1, 0.15) is 0 Å². The molecule has 6 heteroatoms. The van der Waals surface area contributed by atoms with Gasteiger partial charge in [-0.15, -0.1) is 0 Å². The van der Waals surface area contributed by atoms with E-state index in [2.05, 4.69) is 13.2 Å². The molecular formula is C8H9N3O3. The van der Waals surface area contributed by atoms with Crippen molar-refractivity contribution >= 4 is 12.4 Å². The van der Waals surface area contributed by atoms with Gasteiger partial charge in [0.25, 0.3) is 0 Å². The molecule has 0 aliphatic carbocycles. The van der Waals surface area contributed by atoms with E-state index >= 15 is 0 Å². The van der Waals surface area contributed by atoms with E-state index in [9.17, 15) is 14.4 Å². The van der Waals surface area contributed by atoms with Crippen LogP contribution < -0.4 is 17.1 Å². The minimum Gasteiger partial charge on any atom is -0.247 e. The van der Waals surface area contributed by atoms with Crippen molar-refractivity contribution in [3.05, 3.63) is 44.6 Å². The Morgan fingerprint density at radius 2 is 1.29 bits per heavy atom. The summed E-state index contributed by atoms with van der Waals surface area (Å²) in [4.78, 5) is 34.0. The quantitative estimate of drug-likeness (QED) is 0.602. The van der Waals surface area contributed by atoms with Gasteiger partial charge in [0.1, 0.15) is 0 Å². The van der Waals surface area contributed by atoms with E-state index in [0.717, 1.165) is 26.1 Å². The fraction of sp³-hybridized carbons (Fsp3) is 0.125. The first-order chi connectivity index (χ1) is 6.54. The second kappa shape index (κ2) is 3.33. The van der Waals surface area contributed by atoms with E-state index < -0.39 is 17.1 Å². The Kier molecular flexibility index (Phi) is 2.37. The van der Waals surface area contributed by atoms with Crippen molar-refractivity contribution in [2.24, 2.45) is 7.05 Å². The molecule has 0 unspecified atom stereocenters. The normalized spacial score (nSPS) is 9.79. The molecule has 0 N–H and O–H groups in total. The van der Waals surface area contributed by atoms with Gasteiger partial charge in [0.2, 0.25) is 0 Å². The molecule has 0 saturated carbocycles. The summed E-state index contributed by atoms with van der Waals surface area (Å²) in [6, 6.07) is 0. The van der Waals surface area contributed by atoms with Gasteiger partial charge in [0.15, 0.2) is 0 Å². The fourth-order valence-electron chi connectivity index (χ4n) is 0.997. The molecule has 6 nitrogen and oxygen atoms in total. The zero-order valence-corrected chi connectivity index (χ0v) is 7.64. The molecule has 14 heavy (non-hydrogen) atoms. The Hall–Kier alpha value is -2.11. The molecule has 1 aromatic rings. The van der Waals surface area contributed by atoms with Crippen LogP contribution in [0.2, 0.25) is 0 Å². The lowest BCUT2D eigenvalue weighted by atomic mass is 10.7. The van der Waals surface area contributed by atoms with Crippen LogP contribution in [-0.2, 0) is 7.05 Å². The number of hydrogen-bond donors (Lipinski definition) is 0. The molecule has 1 heterocycles. The van der Waals surface area contributed by atoms with Gasteiger partial charge in [-0.05, 0) is 0 Å². The molecule has 74 valence electrons. The summed E-state index contributed by atoms with van der Waals surface area (Å²) in [6.07, 6.45) is 2.09. The highest BCUT2D eigenvalue weighted by Gasteiger charge is 2.07. The maximum absolute atomic E-state index is 11.4. The SMILES string of the molecule is C=Cn1c(=O)n(C)c(=O)n(C=C)c1=O. The summed E-state index contributed by atoms with van der Waals surface area (Å²) in [7, 11) is 1.27. The van der Waals surface area contributed by atoms with E-state index in [1.807, 2.05) is 0 Å². The van der Waals surface area contributed by atoms with Gasteiger partial charge in [-0.3, -0.25) is 0 Å². The van der Waals surface area contributed by atoms with E-state index in [-0.39, 0.29) is 0 Å². The van der Waals surface area contributed by atoms with Crippen molar-refractivity contribution in [2.45, 2.75) is 0 Å². The van der Waals surface area contributed by atoms with Crippen LogP contribution in [0.3, 0.4) is 0 Å². The van der Waals surface area contributed by atoms with Gasteiger partial charge in [0.05, 0.1) is 0 Å². The first-order valence-electron chi connectivity index (χ1n) is 3.73. The topological polar surface area (TPSA) is 66.0 Å². The van der Waals surface area contributed by atoms with Crippen LogP contribution in [0.5, 0.6) is 0 Å². The monoisotopic (exact) mass is 195 g/mol. The molecule has 0 aromatic carbocycles. The molecule has 0 atom stereocenters. The first-order valence-corrected chi connectivity index (χ1v) is 3.73. The van der Waals surface area contributed by atoms with E-state index in [1.54, 1.807) is 0 Å². The summed E-state index contributed by atoms with van der Waals surface area (Å²) in [6.45, 7) is 6.60. The smallest absolute Gasteiger partial charge is 0.247 e. The van der Waals surface area contributed by atoms with Crippen LogP contribution in [0.4, 0.5) is 0 Å². The second-order valence-electron chi connectivity index (χ2n) is 2.51. The largest absolute Gasteiger partial charge is 0.344 e. The van der Waals surface area contributed by atoms with Crippen LogP contribution in [0, 0.1) is 0 Å². The highest BCUT2D eigenvalue weighted by molar-refractivity contribution is 5.19. The molecule has 0 spiro atoms. The van der Waals surface area contributed by atoms with Crippen molar-refractivity contribution in [3.8, 4) is 0 Å².